The van der Waals surface area contributed by atoms with E-state index in [-0.39, 0.29) is 0 Å². The summed E-state index contributed by atoms with van der Waals surface area (Å²) in [5.41, 5.74) is 0. The fourth-order valence-electron chi connectivity index (χ4n) is 8.93. The maximum atomic E-state index is 11.2. The lowest BCUT2D eigenvalue weighted by Crippen LogP contribution is -2.69. The number of rotatable bonds is 6. The Morgan fingerprint density at radius 2 is 0.303 bits per heavy atom. The molecule has 0 spiro atoms. The molecule has 22 fully saturated rings. The van der Waals surface area contributed by atoms with Gasteiger partial charge in [-0.25, -0.2) is 0 Å². The zero-order valence-electron chi connectivity index (χ0n) is 34.5. The second kappa shape index (κ2) is 22.1. The van der Waals surface area contributed by atoms with Crippen molar-refractivity contribution in [3.63, 3.8) is 0 Å². The molecule has 30 heteroatoms. The number of ether oxygens (including phenoxy) is 12. The third-order valence-electron chi connectivity index (χ3n) is 12.7. The van der Waals surface area contributed by atoms with Crippen molar-refractivity contribution in [2.75, 3.05) is 39.6 Å². The molecule has 0 aromatic rings. The van der Waals surface area contributed by atoms with Gasteiger partial charge in [-0.1, -0.05) is 0 Å². The van der Waals surface area contributed by atoms with Gasteiger partial charge in [0.2, 0.25) is 0 Å². The van der Waals surface area contributed by atoms with Crippen molar-refractivity contribution >= 4 is 0 Å². The van der Waals surface area contributed by atoms with Crippen molar-refractivity contribution < 1.29 is 149 Å². The summed E-state index contributed by atoms with van der Waals surface area (Å²) in [6.45, 7) is -5.99. The molecule has 0 aliphatic carbocycles. The van der Waals surface area contributed by atoms with Crippen LogP contribution in [0, 0.1) is 0 Å². The molecule has 0 radical (unpaired) electrons. The average molecular weight is 973 g/mol. The maximum Gasteiger partial charge on any atom is 0.187 e. The van der Waals surface area contributed by atoms with Crippen molar-refractivity contribution in [3.05, 3.63) is 0 Å². The van der Waals surface area contributed by atoms with Crippen LogP contribution in [0.25, 0.3) is 0 Å². The number of hydrogen-bond donors (Lipinski definition) is 18. The summed E-state index contributed by atoms with van der Waals surface area (Å²) in [7, 11) is 0. The second-order valence-corrected chi connectivity index (χ2v) is 16.8. The minimum Gasteiger partial charge on any atom is -0.394 e. The zero-order chi connectivity index (χ0) is 48.0. The van der Waals surface area contributed by atoms with Crippen LogP contribution < -0.4 is 0 Å². The standard InChI is InChI=1S/C36H60O30/c37-1-7-25-13(43)19(49)31(55-7)62-26-8(2-38)57-33(21(51)15(26)45)64-28-10(4-40)59-35(23(53)17(28)47)66-30-12(6-42)60-36(24(54)18(30)48)65-29-11(5-41)58-34(22(52)16(29)46)63-27-9(3-39)56-32(61-25)20(50)14(27)44/h7-54H,1-6H2/t7-,8-,9-,10-,11-,12-,13-,14-,15-,16-,17-,18-,19-,20-,21-,22-,23-,24-,25-,26-,27-,28-,29-,30+,31-,32-,33-,34-,35-,36-/m1/s1. The largest absolute Gasteiger partial charge is 0.394 e. The molecule has 384 valence electrons. The molecule has 66 heavy (non-hydrogen) atoms. The number of aliphatic hydroxyl groups excluding tert-OH is 18. The molecule has 18 N–H and O–H groups in total. The molecular weight excluding hydrogens is 912 g/mol. The van der Waals surface area contributed by atoms with Gasteiger partial charge in [-0.05, 0) is 0 Å². The molecule has 12 bridgehead atoms. The number of hydrogen-bond acceptors (Lipinski definition) is 30. The predicted molar refractivity (Wildman–Crippen MR) is 196 cm³/mol. The molecule has 22 saturated heterocycles. The SMILES string of the molecule is OC[C@H]1O[C@@H]2O[C@H]3[C@H](O)[C@@H](O)[C@@H](O[C@H]4[C@H](O)[C@@H](O)[C@@H](O[C@H]5[C@H](O)[C@@H](O)[C@@H](O[C@H]6[C@H](O)[C@@H](O)[C@@H](O[C@H]7[C@H](O)[C@@H](O)[C@@H](O[C@@H]1[C@H](O)[C@H]2O)O[C@@H]7CO)O[C@@H]6CO)O[C@@H]5CO)O[C@@H]4CO)O[C@@H]3CO. The Morgan fingerprint density at radius 1 is 0.182 bits per heavy atom. The Balaban J connectivity index is 1.19. The fraction of sp³-hybridized carbons (Fsp3) is 1.00. The van der Waals surface area contributed by atoms with E-state index in [4.69, 9.17) is 56.8 Å². The maximum absolute atomic E-state index is 11.2. The van der Waals surface area contributed by atoms with E-state index in [1.807, 2.05) is 0 Å². The molecule has 22 aliphatic heterocycles. The van der Waals surface area contributed by atoms with E-state index in [0.717, 1.165) is 0 Å². The highest BCUT2D eigenvalue weighted by Gasteiger charge is 2.58. The molecule has 0 aromatic heterocycles. The van der Waals surface area contributed by atoms with Crippen LogP contribution >= 0.6 is 0 Å². The first-order valence-corrected chi connectivity index (χ1v) is 21.1. The summed E-state index contributed by atoms with van der Waals surface area (Å²) in [6.07, 6.45) is -58.5. The molecule has 30 atom stereocenters. The summed E-state index contributed by atoms with van der Waals surface area (Å²) >= 11 is 0. The fourth-order valence-corrected chi connectivity index (χ4v) is 8.93. The summed E-state index contributed by atoms with van der Waals surface area (Å²) in [6, 6.07) is 0. The van der Waals surface area contributed by atoms with Gasteiger partial charge in [0.25, 0.3) is 0 Å². The summed E-state index contributed by atoms with van der Waals surface area (Å²) in [5, 5.41) is 196. The van der Waals surface area contributed by atoms with E-state index in [1.165, 1.54) is 0 Å². The molecular formula is C36H60O30. The highest BCUT2D eigenvalue weighted by Crippen LogP contribution is 2.38. The van der Waals surface area contributed by atoms with Gasteiger partial charge in [0.05, 0.1) is 39.6 Å². The van der Waals surface area contributed by atoms with Crippen LogP contribution in [0.4, 0.5) is 0 Å². The Morgan fingerprint density at radius 3 is 0.409 bits per heavy atom. The lowest BCUT2D eigenvalue weighted by atomic mass is 9.94. The van der Waals surface area contributed by atoms with E-state index >= 15 is 0 Å². The molecule has 0 aromatic carbocycles. The van der Waals surface area contributed by atoms with Gasteiger partial charge in [-0.3, -0.25) is 0 Å². The van der Waals surface area contributed by atoms with Gasteiger partial charge >= 0.3 is 0 Å². The van der Waals surface area contributed by atoms with Crippen LogP contribution in [-0.4, -0.2) is 316 Å². The highest BCUT2D eigenvalue weighted by molar-refractivity contribution is 5.01. The van der Waals surface area contributed by atoms with Gasteiger partial charge in [-0.2, -0.15) is 0 Å². The minimum atomic E-state index is -2.15. The van der Waals surface area contributed by atoms with Crippen LogP contribution in [0.5, 0.6) is 0 Å². The van der Waals surface area contributed by atoms with Crippen LogP contribution in [0.2, 0.25) is 0 Å². The van der Waals surface area contributed by atoms with Crippen molar-refractivity contribution in [1.29, 1.82) is 0 Å². The molecule has 22 aliphatic rings. The molecule has 22 heterocycles. The quantitative estimate of drug-likeness (QED) is 0.117. The highest BCUT2D eigenvalue weighted by atomic mass is 16.8. The Kier molecular flexibility index (Phi) is 17.6. The van der Waals surface area contributed by atoms with E-state index in [9.17, 15) is 91.9 Å². The van der Waals surface area contributed by atoms with Crippen molar-refractivity contribution in [3.8, 4) is 0 Å². The van der Waals surface area contributed by atoms with Crippen molar-refractivity contribution in [2.45, 2.75) is 184 Å². The van der Waals surface area contributed by atoms with Gasteiger partial charge in [-0.15, -0.1) is 0 Å². The summed E-state index contributed by atoms with van der Waals surface area (Å²) in [5.74, 6) is 0. The number of aliphatic hydroxyl groups is 18. The van der Waals surface area contributed by atoms with Crippen LogP contribution in [-0.2, 0) is 56.8 Å². The zero-order valence-corrected chi connectivity index (χ0v) is 34.5. The van der Waals surface area contributed by atoms with Crippen molar-refractivity contribution in [2.24, 2.45) is 0 Å². The molecule has 0 saturated carbocycles. The van der Waals surface area contributed by atoms with E-state index in [2.05, 4.69) is 0 Å². The predicted octanol–water partition coefficient (Wildman–Crippen LogP) is -13.1. The topological polar surface area (TPSA) is 475 Å². The normalized spacial score (nSPS) is 55.4. The van der Waals surface area contributed by atoms with Crippen LogP contribution in [0.1, 0.15) is 0 Å². The molecule has 0 unspecified atom stereocenters. The van der Waals surface area contributed by atoms with E-state index < -0.39 is 224 Å². The second-order valence-electron chi connectivity index (χ2n) is 16.8. The first-order chi connectivity index (χ1) is 31.4. The lowest BCUT2D eigenvalue weighted by Gasteiger charge is -2.50. The summed E-state index contributed by atoms with van der Waals surface area (Å²) < 4.78 is 67.9. The van der Waals surface area contributed by atoms with Crippen molar-refractivity contribution in [1.82, 2.24) is 0 Å². The Hall–Kier alpha value is -1.20. The Bertz CT molecular complexity index is 1230. The lowest BCUT2D eigenvalue weighted by molar-refractivity contribution is -0.404. The molecule has 30 nitrogen and oxygen atoms in total. The Labute approximate surface area is 372 Å². The van der Waals surface area contributed by atoms with Crippen LogP contribution in [0.15, 0.2) is 0 Å². The summed E-state index contributed by atoms with van der Waals surface area (Å²) in [4.78, 5) is 0. The third kappa shape index (κ3) is 10.0. The molecule has 0 amide bonds. The molecule has 22 rings (SSSR count). The first kappa shape index (κ1) is 52.6. The van der Waals surface area contributed by atoms with Gasteiger partial charge in [0.1, 0.15) is 146 Å². The van der Waals surface area contributed by atoms with Gasteiger partial charge in [0, 0.05) is 0 Å². The van der Waals surface area contributed by atoms with Gasteiger partial charge in [0.15, 0.2) is 37.7 Å². The first-order valence-electron chi connectivity index (χ1n) is 21.1. The average Bonchev–Trinajstić information content (AvgIpc) is 3.31. The monoisotopic (exact) mass is 972 g/mol. The van der Waals surface area contributed by atoms with Crippen LogP contribution in [0.3, 0.4) is 0 Å². The minimum absolute atomic E-state index is 0.999. The van der Waals surface area contributed by atoms with Gasteiger partial charge < -0.3 is 149 Å². The van der Waals surface area contributed by atoms with E-state index in [0.29, 0.717) is 0 Å². The third-order valence-corrected chi connectivity index (χ3v) is 12.7. The van der Waals surface area contributed by atoms with E-state index in [1.54, 1.807) is 0 Å². The smallest absolute Gasteiger partial charge is 0.187 e.